The van der Waals surface area contributed by atoms with Crippen LogP contribution in [0.1, 0.15) is 39.5 Å². The Kier molecular flexibility index (Phi) is 5.75. The first kappa shape index (κ1) is 15.7. The van der Waals surface area contributed by atoms with Crippen molar-refractivity contribution < 1.29 is 9.59 Å². The maximum Gasteiger partial charge on any atom is 0.235 e. The van der Waals surface area contributed by atoms with Crippen LogP contribution in [0.2, 0.25) is 0 Å². The van der Waals surface area contributed by atoms with Crippen LogP contribution < -0.4 is 0 Å². The number of nitrogens with zero attached hydrogens (tertiary/aromatic N) is 2. The first-order valence-corrected chi connectivity index (χ1v) is 8.78. The van der Waals surface area contributed by atoms with Gasteiger partial charge in [-0.05, 0) is 31.4 Å². The molecule has 0 aromatic rings. The zero-order chi connectivity index (χ0) is 14.5. The molecule has 0 radical (unpaired) electrons. The van der Waals surface area contributed by atoms with Gasteiger partial charge < -0.3 is 9.80 Å². The second-order valence-electron chi connectivity index (χ2n) is 5.96. The molecule has 4 nitrogen and oxygen atoms in total. The van der Waals surface area contributed by atoms with Gasteiger partial charge >= 0.3 is 0 Å². The molecule has 1 aliphatic heterocycles. The summed E-state index contributed by atoms with van der Waals surface area (Å²) in [5.41, 5.74) is 0. The van der Waals surface area contributed by atoms with E-state index in [-0.39, 0.29) is 17.1 Å². The molecule has 2 fully saturated rings. The number of hydrogen-bond acceptors (Lipinski definition) is 3. The van der Waals surface area contributed by atoms with Crippen LogP contribution in [-0.4, -0.2) is 58.8 Å². The molecule has 2 rings (SSSR count). The molecular formula is C15H26N2O2S. The number of thioether (sulfide) groups is 1. The monoisotopic (exact) mass is 298 g/mol. The molecule has 2 amide bonds. The van der Waals surface area contributed by atoms with E-state index in [9.17, 15) is 9.59 Å². The quantitative estimate of drug-likeness (QED) is 0.797. The Labute approximate surface area is 126 Å². The van der Waals surface area contributed by atoms with Crippen LogP contribution in [0.4, 0.5) is 0 Å². The standard InChI is InChI=1S/C15H26N2O2S/c1-12(20-11-14-5-3-4-6-14)15(19)17-9-7-16(8-10-17)13(2)18/h12,14H,3-11H2,1-2H3. The van der Waals surface area contributed by atoms with Crippen molar-refractivity contribution >= 4 is 23.6 Å². The Morgan fingerprint density at radius 2 is 1.65 bits per heavy atom. The summed E-state index contributed by atoms with van der Waals surface area (Å²) < 4.78 is 0. The summed E-state index contributed by atoms with van der Waals surface area (Å²) in [6, 6.07) is 0. The van der Waals surface area contributed by atoms with Crippen molar-refractivity contribution in [3.63, 3.8) is 0 Å². The van der Waals surface area contributed by atoms with Crippen molar-refractivity contribution in [1.82, 2.24) is 9.80 Å². The van der Waals surface area contributed by atoms with Crippen molar-refractivity contribution in [2.75, 3.05) is 31.9 Å². The highest BCUT2D eigenvalue weighted by atomic mass is 32.2. The summed E-state index contributed by atoms with van der Waals surface area (Å²) in [4.78, 5) is 27.4. The molecule has 5 heteroatoms. The number of piperazine rings is 1. The fourth-order valence-corrected chi connectivity index (χ4v) is 4.21. The fraction of sp³-hybridized carbons (Fsp3) is 0.867. The molecule has 0 spiro atoms. The Hall–Kier alpha value is -0.710. The van der Waals surface area contributed by atoms with Gasteiger partial charge in [0.05, 0.1) is 5.25 Å². The number of carbonyl (C=O) groups is 2. The van der Waals surface area contributed by atoms with Gasteiger partial charge in [0.1, 0.15) is 0 Å². The van der Waals surface area contributed by atoms with Gasteiger partial charge in [-0.3, -0.25) is 9.59 Å². The minimum Gasteiger partial charge on any atom is -0.339 e. The minimum absolute atomic E-state index is 0.0551. The molecule has 114 valence electrons. The van der Waals surface area contributed by atoms with Crippen molar-refractivity contribution in [3.8, 4) is 0 Å². The smallest absolute Gasteiger partial charge is 0.235 e. The van der Waals surface area contributed by atoms with E-state index < -0.39 is 0 Å². The van der Waals surface area contributed by atoms with E-state index in [4.69, 9.17) is 0 Å². The normalized spacial score (nSPS) is 22.1. The first-order valence-electron chi connectivity index (χ1n) is 7.74. The number of amides is 2. The van der Waals surface area contributed by atoms with Crippen LogP contribution in [0.15, 0.2) is 0 Å². The van der Waals surface area contributed by atoms with E-state index in [0.717, 1.165) is 11.7 Å². The van der Waals surface area contributed by atoms with Crippen LogP contribution in [0.5, 0.6) is 0 Å². The number of rotatable bonds is 4. The highest BCUT2D eigenvalue weighted by Gasteiger charge is 2.26. The predicted molar refractivity (Wildman–Crippen MR) is 82.7 cm³/mol. The summed E-state index contributed by atoms with van der Waals surface area (Å²) in [5, 5.41) is 0.0551. The van der Waals surface area contributed by atoms with Gasteiger partial charge in [-0.25, -0.2) is 0 Å². The third kappa shape index (κ3) is 4.14. The average molecular weight is 298 g/mol. The van der Waals surface area contributed by atoms with Gasteiger partial charge in [0.15, 0.2) is 0 Å². The summed E-state index contributed by atoms with van der Waals surface area (Å²) in [6.45, 7) is 6.36. The molecule has 0 N–H and O–H groups in total. The molecule has 1 saturated heterocycles. The third-order valence-electron chi connectivity index (χ3n) is 4.44. The van der Waals surface area contributed by atoms with E-state index in [1.54, 1.807) is 6.92 Å². The van der Waals surface area contributed by atoms with Gasteiger partial charge in [-0.15, -0.1) is 11.8 Å². The molecule has 2 aliphatic rings. The maximum atomic E-state index is 12.4. The zero-order valence-corrected chi connectivity index (χ0v) is 13.5. The zero-order valence-electron chi connectivity index (χ0n) is 12.6. The summed E-state index contributed by atoms with van der Waals surface area (Å²) in [7, 11) is 0. The van der Waals surface area contributed by atoms with Crippen LogP contribution in [0.25, 0.3) is 0 Å². The van der Waals surface area contributed by atoms with Crippen LogP contribution in [0, 0.1) is 5.92 Å². The Bertz CT molecular complexity index is 348. The number of carbonyl (C=O) groups excluding carboxylic acids is 2. The highest BCUT2D eigenvalue weighted by Crippen LogP contribution is 2.29. The molecule has 0 aromatic carbocycles. The van der Waals surface area contributed by atoms with E-state index in [1.165, 1.54) is 25.7 Å². The molecule has 1 saturated carbocycles. The summed E-state index contributed by atoms with van der Waals surface area (Å²) in [5.74, 6) is 2.31. The molecule has 1 unspecified atom stereocenters. The highest BCUT2D eigenvalue weighted by molar-refractivity contribution is 8.00. The van der Waals surface area contributed by atoms with Gasteiger partial charge in [0.2, 0.25) is 11.8 Å². The van der Waals surface area contributed by atoms with E-state index in [2.05, 4.69) is 0 Å². The maximum absolute atomic E-state index is 12.4. The Morgan fingerprint density at radius 3 is 2.20 bits per heavy atom. The second kappa shape index (κ2) is 7.34. The third-order valence-corrected chi connectivity index (χ3v) is 5.81. The molecule has 20 heavy (non-hydrogen) atoms. The molecule has 1 aliphatic carbocycles. The van der Waals surface area contributed by atoms with Crippen molar-refractivity contribution in [2.24, 2.45) is 5.92 Å². The molecule has 0 aromatic heterocycles. The first-order chi connectivity index (χ1) is 9.58. The van der Waals surface area contributed by atoms with Gasteiger partial charge in [-0.2, -0.15) is 0 Å². The van der Waals surface area contributed by atoms with Crippen LogP contribution in [0.3, 0.4) is 0 Å². The van der Waals surface area contributed by atoms with Crippen molar-refractivity contribution in [3.05, 3.63) is 0 Å². The molecule has 0 bridgehead atoms. The van der Waals surface area contributed by atoms with Crippen molar-refractivity contribution in [1.29, 1.82) is 0 Å². The lowest BCUT2D eigenvalue weighted by Crippen LogP contribution is -2.51. The minimum atomic E-state index is 0.0551. The van der Waals surface area contributed by atoms with E-state index in [1.807, 2.05) is 28.5 Å². The van der Waals surface area contributed by atoms with Gasteiger partial charge in [-0.1, -0.05) is 12.8 Å². The molecule has 1 atom stereocenters. The van der Waals surface area contributed by atoms with Crippen LogP contribution >= 0.6 is 11.8 Å². The Balaban J connectivity index is 1.71. The largest absolute Gasteiger partial charge is 0.339 e. The lowest BCUT2D eigenvalue weighted by molar-refractivity contribution is -0.137. The average Bonchev–Trinajstić information content (AvgIpc) is 2.97. The van der Waals surface area contributed by atoms with Gasteiger partial charge in [0.25, 0.3) is 0 Å². The SMILES string of the molecule is CC(=O)N1CCN(C(=O)C(C)SCC2CCCC2)CC1. The lowest BCUT2D eigenvalue weighted by atomic mass is 10.1. The summed E-state index contributed by atoms with van der Waals surface area (Å²) in [6.07, 6.45) is 5.40. The topological polar surface area (TPSA) is 40.6 Å². The van der Waals surface area contributed by atoms with Crippen LogP contribution in [-0.2, 0) is 9.59 Å². The Morgan fingerprint density at radius 1 is 1.10 bits per heavy atom. The fourth-order valence-electron chi connectivity index (χ4n) is 3.03. The number of hydrogen-bond donors (Lipinski definition) is 0. The predicted octanol–water partition coefficient (Wildman–Crippen LogP) is 1.99. The molecule has 1 heterocycles. The second-order valence-corrected chi connectivity index (χ2v) is 7.33. The van der Waals surface area contributed by atoms with E-state index >= 15 is 0 Å². The lowest BCUT2D eigenvalue weighted by Gasteiger charge is -2.35. The van der Waals surface area contributed by atoms with E-state index in [0.29, 0.717) is 26.2 Å². The summed E-state index contributed by atoms with van der Waals surface area (Å²) >= 11 is 1.81. The molecular weight excluding hydrogens is 272 g/mol. The van der Waals surface area contributed by atoms with Gasteiger partial charge in [0, 0.05) is 33.1 Å². The van der Waals surface area contributed by atoms with Crippen molar-refractivity contribution in [2.45, 2.75) is 44.8 Å².